The molecule has 0 atom stereocenters. The zero-order chi connectivity index (χ0) is 29.9. The van der Waals surface area contributed by atoms with Crippen LogP contribution in [0.4, 0.5) is 5.69 Å². The quantitative estimate of drug-likeness (QED) is 0.153. The monoisotopic (exact) mass is 571 g/mol. The fourth-order valence-corrected chi connectivity index (χ4v) is 6.88. The second-order valence-corrected chi connectivity index (χ2v) is 11.5. The number of aromatic nitrogens is 2. The summed E-state index contributed by atoms with van der Waals surface area (Å²) >= 11 is 0. The van der Waals surface area contributed by atoms with Crippen molar-refractivity contribution in [2.45, 2.75) is 0 Å². The maximum atomic E-state index is 7.61. The normalized spacial score (nSPS) is 11.5. The predicted molar refractivity (Wildman–Crippen MR) is 188 cm³/mol. The highest BCUT2D eigenvalue weighted by molar-refractivity contribution is 6.22. The van der Waals surface area contributed by atoms with E-state index in [1.165, 1.54) is 21.5 Å². The first-order valence-electron chi connectivity index (χ1n) is 15.1. The van der Waals surface area contributed by atoms with Gasteiger partial charge in [0.15, 0.2) is 5.69 Å². The summed E-state index contributed by atoms with van der Waals surface area (Å²) in [7, 11) is 0. The van der Waals surface area contributed by atoms with Gasteiger partial charge >= 0.3 is 0 Å². The smallest absolute Gasteiger partial charge is 0.188 e. The summed E-state index contributed by atoms with van der Waals surface area (Å²) in [5, 5.41) is 8.28. The number of pyridine rings is 1. The first-order valence-corrected chi connectivity index (χ1v) is 15.1. The van der Waals surface area contributed by atoms with E-state index in [1.807, 2.05) is 18.2 Å². The molecule has 7 aromatic carbocycles. The second kappa shape index (κ2) is 9.91. The fourth-order valence-electron chi connectivity index (χ4n) is 6.88. The molecule has 9 aromatic rings. The van der Waals surface area contributed by atoms with E-state index in [-0.39, 0.29) is 0 Å². The van der Waals surface area contributed by atoms with Crippen molar-refractivity contribution >= 4 is 59.9 Å². The maximum absolute atomic E-state index is 7.61. The average molecular weight is 572 g/mol. The Kier molecular flexibility index (Phi) is 5.57. The van der Waals surface area contributed by atoms with Crippen LogP contribution in [0, 0.1) is 6.57 Å². The van der Waals surface area contributed by atoms with Gasteiger partial charge in [-0.05, 0) is 69.8 Å². The maximum Gasteiger partial charge on any atom is 0.188 e. The van der Waals surface area contributed by atoms with E-state index in [0.717, 1.165) is 60.8 Å². The molecule has 0 amide bonds. The van der Waals surface area contributed by atoms with Crippen molar-refractivity contribution in [2.24, 2.45) is 0 Å². The van der Waals surface area contributed by atoms with E-state index in [4.69, 9.17) is 11.6 Å². The molecule has 0 bridgehead atoms. The van der Waals surface area contributed by atoms with Crippen molar-refractivity contribution in [3.63, 3.8) is 0 Å². The number of rotatable bonds is 3. The Morgan fingerprint density at radius 2 is 1.16 bits per heavy atom. The highest BCUT2D eigenvalue weighted by Gasteiger charge is 2.16. The van der Waals surface area contributed by atoms with Gasteiger partial charge in [-0.2, -0.15) is 0 Å². The Labute approximate surface area is 260 Å². The lowest BCUT2D eigenvalue weighted by Crippen LogP contribution is -1.93. The molecule has 208 valence electrons. The minimum Gasteiger partial charge on any atom is -0.309 e. The highest BCUT2D eigenvalue weighted by Crippen LogP contribution is 2.39. The Bertz CT molecular complexity index is 2620. The Morgan fingerprint density at radius 1 is 0.489 bits per heavy atom. The summed E-state index contributed by atoms with van der Waals surface area (Å²) < 4.78 is 2.28. The second-order valence-electron chi connectivity index (χ2n) is 11.5. The van der Waals surface area contributed by atoms with Crippen molar-refractivity contribution < 1.29 is 0 Å². The van der Waals surface area contributed by atoms with Gasteiger partial charge in [-0.1, -0.05) is 109 Å². The van der Waals surface area contributed by atoms with Crippen molar-refractivity contribution in [1.82, 2.24) is 9.55 Å². The van der Waals surface area contributed by atoms with Gasteiger partial charge < -0.3 is 4.57 Å². The molecule has 0 N–H and O–H groups in total. The molecule has 0 aliphatic carbocycles. The van der Waals surface area contributed by atoms with Crippen LogP contribution in [0.2, 0.25) is 0 Å². The van der Waals surface area contributed by atoms with E-state index < -0.39 is 0 Å². The third-order valence-corrected chi connectivity index (χ3v) is 8.97. The van der Waals surface area contributed by atoms with E-state index in [9.17, 15) is 0 Å². The molecule has 0 aliphatic rings. The minimum absolute atomic E-state index is 0.646. The van der Waals surface area contributed by atoms with Crippen LogP contribution in [0.15, 0.2) is 152 Å². The van der Waals surface area contributed by atoms with Crippen LogP contribution >= 0.6 is 0 Å². The lowest BCUT2D eigenvalue weighted by atomic mass is 9.94. The molecule has 0 saturated carbocycles. The molecule has 3 nitrogen and oxygen atoms in total. The summed E-state index contributed by atoms with van der Waals surface area (Å²) in [6, 6.07) is 53.3. The molecule has 0 fully saturated rings. The SMILES string of the molecule is [C-]#[N+]c1ccc2c(c1)c1cc(-c3ccc(-c4nc5ccccc5c5c4ccc4ccccc45)cc3)ccc1n2-c1ccccc1. The molecule has 3 heteroatoms. The van der Waals surface area contributed by atoms with E-state index in [1.54, 1.807) is 0 Å². The van der Waals surface area contributed by atoms with Crippen LogP contribution in [-0.2, 0) is 0 Å². The molecule has 0 saturated heterocycles. The van der Waals surface area contributed by atoms with Gasteiger partial charge in [0.25, 0.3) is 0 Å². The Morgan fingerprint density at radius 3 is 1.98 bits per heavy atom. The number of hydrogen-bond donors (Lipinski definition) is 0. The molecule has 0 spiro atoms. The topological polar surface area (TPSA) is 22.2 Å². The summed E-state index contributed by atoms with van der Waals surface area (Å²) in [5.74, 6) is 0. The highest BCUT2D eigenvalue weighted by atomic mass is 15.0. The Hall–Kier alpha value is -6.24. The zero-order valence-corrected chi connectivity index (χ0v) is 24.3. The number of para-hydroxylation sites is 2. The summed E-state index contributed by atoms with van der Waals surface area (Å²) in [5.41, 5.74) is 9.33. The molecule has 9 rings (SSSR count). The third-order valence-electron chi connectivity index (χ3n) is 8.97. The zero-order valence-electron chi connectivity index (χ0n) is 24.3. The molecule has 2 aromatic heterocycles. The molecule has 2 heterocycles. The van der Waals surface area contributed by atoms with Crippen LogP contribution in [0.3, 0.4) is 0 Å². The fraction of sp³-hybridized carbons (Fsp3) is 0. The molecular weight excluding hydrogens is 546 g/mol. The average Bonchev–Trinajstić information content (AvgIpc) is 3.44. The van der Waals surface area contributed by atoms with Gasteiger partial charge in [-0.3, -0.25) is 0 Å². The molecule has 0 unspecified atom stereocenters. The summed E-state index contributed by atoms with van der Waals surface area (Å²) in [6.45, 7) is 7.61. The first-order chi connectivity index (χ1) is 22.3. The van der Waals surface area contributed by atoms with Crippen molar-refractivity contribution in [3.05, 3.63) is 163 Å². The summed E-state index contributed by atoms with van der Waals surface area (Å²) in [4.78, 5) is 8.90. The van der Waals surface area contributed by atoms with Gasteiger partial charge in [0.1, 0.15) is 0 Å². The molecule has 0 aliphatic heterocycles. The number of hydrogen-bond acceptors (Lipinski definition) is 1. The standard InChI is InChI=1S/C42H25N3/c1-43-31-21-24-40-37(26-31)36-25-30(20-23-39(36)45(40)32-10-3-2-4-11-32)27-15-17-29(18-16-27)42-35-22-19-28-9-5-6-12-33(28)41(35)34-13-7-8-14-38(34)44-42/h2-26H. The third kappa shape index (κ3) is 3.94. The van der Waals surface area contributed by atoms with Crippen LogP contribution in [-0.4, -0.2) is 9.55 Å². The lowest BCUT2D eigenvalue weighted by Gasteiger charge is -2.13. The van der Waals surface area contributed by atoms with Crippen molar-refractivity contribution in [2.75, 3.05) is 0 Å². The van der Waals surface area contributed by atoms with Gasteiger partial charge in [0.05, 0.1) is 28.8 Å². The molecule has 0 radical (unpaired) electrons. The largest absolute Gasteiger partial charge is 0.309 e. The van der Waals surface area contributed by atoms with Crippen molar-refractivity contribution in [3.8, 4) is 28.1 Å². The molecular formula is C42H25N3. The number of benzene rings is 7. The minimum atomic E-state index is 0.646. The van der Waals surface area contributed by atoms with Gasteiger partial charge in [0, 0.05) is 32.8 Å². The van der Waals surface area contributed by atoms with Crippen molar-refractivity contribution in [1.29, 1.82) is 0 Å². The van der Waals surface area contributed by atoms with Crippen LogP contribution < -0.4 is 0 Å². The lowest BCUT2D eigenvalue weighted by molar-refractivity contribution is 1.18. The predicted octanol–water partition coefficient (Wildman–Crippen LogP) is 11.5. The Balaban J connectivity index is 1.20. The van der Waals surface area contributed by atoms with E-state index in [0.29, 0.717) is 5.69 Å². The summed E-state index contributed by atoms with van der Waals surface area (Å²) in [6.07, 6.45) is 0. The van der Waals surface area contributed by atoms with Gasteiger partial charge in [-0.15, -0.1) is 0 Å². The number of nitrogens with zero attached hydrogens (tertiary/aromatic N) is 3. The number of fused-ring (bicyclic) bond motifs is 8. The van der Waals surface area contributed by atoms with E-state index in [2.05, 4.69) is 143 Å². The van der Waals surface area contributed by atoms with Gasteiger partial charge in [-0.25, -0.2) is 9.83 Å². The molecule has 45 heavy (non-hydrogen) atoms. The van der Waals surface area contributed by atoms with Crippen LogP contribution in [0.1, 0.15) is 0 Å². The van der Waals surface area contributed by atoms with Crippen LogP contribution in [0.5, 0.6) is 0 Å². The van der Waals surface area contributed by atoms with Gasteiger partial charge in [0.2, 0.25) is 0 Å². The van der Waals surface area contributed by atoms with E-state index >= 15 is 0 Å². The first kappa shape index (κ1) is 25.3. The van der Waals surface area contributed by atoms with Crippen LogP contribution in [0.25, 0.3) is 87.2 Å².